The van der Waals surface area contributed by atoms with Crippen LogP contribution < -0.4 is 5.56 Å². The number of aryl methyl sites for hydroxylation is 2. The average Bonchev–Trinajstić information content (AvgIpc) is 2.37. The second-order valence-electron chi connectivity index (χ2n) is 4.59. The number of carboxylic acid groups (broad SMARTS) is 1. The zero-order valence-electron chi connectivity index (χ0n) is 11.3. The lowest BCUT2D eigenvalue weighted by molar-refractivity contribution is -0.136. The highest BCUT2D eigenvalue weighted by Gasteiger charge is 2.11. The number of hydrogen-bond acceptors (Lipinski definition) is 4. The third-order valence-corrected chi connectivity index (χ3v) is 2.97. The van der Waals surface area contributed by atoms with Crippen LogP contribution in [-0.4, -0.2) is 26.0 Å². The molecule has 0 aliphatic rings. The summed E-state index contributed by atoms with van der Waals surface area (Å²) in [5, 5.41) is 8.68. The summed E-state index contributed by atoms with van der Waals surface area (Å²) in [5.74, 6) is -0.538. The van der Waals surface area contributed by atoms with Gasteiger partial charge in [0.25, 0.3) is 5.56 Å². The first-order valence-corrected chi connectivity index (χ1v) is 6.22. The molecule has 0 fully saturated rings. The van der Waals surface area contributed by atoms with Crippen LogP contribution in [0.1, 0.15) is 23.2 Å². The summed E-state index contributed by atoms with van der Waals surface area (Å²) in [7, 11) is 0. The lowest BCUT2D eigenvalue weighted by Gasteiger charge is -2.06. The van der Waals surface area contributed by atoms with Gasteiger partial charge >= 0.3 is 5.97 Å². The number of aromatic nitrogens is 3. The highest BCUT2D eigenvalue weighted by Crippen LogP contribution is 2.13. The van der Waals surface area contributed by atoms with E-state index in [-0.39, 0.29) is 18.4 Å². The van der Waals surface area contributed by atoms with Crippen molar-refractivity contribution in [1.29, 1.82) is 0 Å². The van der Waals surface area contributed by atoms with E-state index in [4.69, 9.17) is 5.11 Å². The predicted octanol–water partition coefficient (Wildman–Crippen LogP) is 1.47. The number of nitrogens with zero attached hydrogens (tertiary/aromatic N) is 2. The number of carbonyl (C=O) groups is 1. The molecule has 2 aromatic rings. The van der Waals surface area contributed by atoms with Crippen molar-refractivity contribution in [2.24, 2.45) is 0 Å². The fourth-order valence-electron chi connectivity index (χ4n) is 1.92. The van der Waals surface area contributed by atoms with E-state index >= 15 is 0 Å². The lowest BCUT2D eigenvalue weighted by Crippen LogP contribution is -2.18. The molecule has 0 saturated carbocycles. The van der Waals surface area contributed by atoms with Gasteiger partial charge in [0.1, 0.15) is 5.69 Å². The topological polar surface area (TPSA) is 95.9 Å². The molecular weight excluding hydrogens is 258 g/mol. The number of carboxylic acids is 1. The Kier molecular flexibility index (Phi) is 3.93. The first kappa shape index (κ1) is 13.9. The minimum Gasteiger partial charge on any atom is -0.481 e. The molecule has 6 nitrogen and oxygen atoms in total. The van der Waals surface area contributed by atoms with Crippen LogP contribution in [0.3, 0.4) is 0 Å². The highest BCUT2D eigenvalue weighted by atomic mass is 16.4. The molecule has 0 unspecified atom stereocenters. The molecule has 0 aromatic carbocycles. The summed E-state index contributed by atoms with van der Waals surface area (Å²) in [5.41, 5.74) is 2.24. The van der Waals surface area contributed by atoms with Crippen LogP contribution in [0.5, 0.6) is 0 Å². The molecule has 0 saturated heterocycles. The van der Waals surface area contributed by atoms with Crippen molar-refractivity contribution in [3.05, 3.63) is 45.5 Å². The number of pyridine rings is 1. The average molecular weight is 273 g/mol. The Morgan fingerprint density at radius 1 is 1.40 bits per heavy atom. The first-order valence-electron chi connectivity index (χ1n) is 6.22. The van der Waals surface area contributed by atoms with E-state index < -0.39 is 5.97 Å². The quantitative estimate of drug-likeness (QED) is 0.879. The molecule has 0 amide bonds. The van der Waals surface area contributed by atoms with Gasteiger partial charge in [0.2, 0.25) is 0 Å². The maximum atomic E-state index is 12.0. The van der Waals surface area contributed by atoms with Gasteiger partial charge in [-0.1, -0.05) is 0 Å². The van der Waals surface area contributed by atoms with Crippen molar-refractivity contribution in [2.45, 2.75) is 26.7 Å². The second kappa shape index (κ2) is 5.64. The minimum atomic E-state index is -0.937. The van der Waals surface area contributed by atoms with E-state index in [1.165, 1.54) is 0 Å². The van der Waals surface area contributed by atoms with E-state index in [1.54, 1.807) is 13.1 Å². The molecule has 2 N–H and O–H groups in total. The second-order valence-corrected chi connectivity index (χ2v) is 4.59. The van der Waals surface area contributed by atoms with E-state index in [0.717, 1.165) is 5.56 Å². The molecule has 2 aromatic heterocycles. The fraction of sp³-hybridized carbons (Fsp3) is 0.286. The largest absolute Gasteiger partial charge is 0.481 e. The monoisotopic (exact) mass is 273 g/mol. The van der Waals surface area contributed by atoms with Crippen LogP contribution >= 0.6 is 0 Å². The van der Waals surface area contributed by atoms with E-state index in [9.17, 15) is 9.59 Å². The number of aromatic amines is 1. The van der Waals surface area contributed by atoms with Crippen LogP contribution in [0.15, 0.2) is 23.1 Å². The number of H-pyrrole nitrogens is 1. The standard InChI is InChI=1S/C14H15N3O3/c1-8-5-6-15-11(7-8)13-16-9(2)10(14(20)17-13)3-4-12(18)19/h5-7H,3-4H2,1-2H3,(H,18,19)(H,16,17,20). The Balaban J connectivity index is 2.40. The Labute approximate surface area is 115 Å². The van der Waals surface area contributed by atoms with Crippen LogP contribution in [0, 0.1) is 13.8 Å². The Morgan fingerprint density at radius 3 is 2.75 bits per heavy atom. The van der Waals surface area contributed by atoms with Gasteiger partial charge in [-0.15, -0.1) is 0 Å². The first-order chi connectivity index (χ1) is 9.47. The van der Waals surface area contributed by atoms with Gasteiger partial charge in [-0.2, -0.15) is 0 Å². The molecule has 2 heterocycles. The third kappa shape index (κ3) is 3.09. The molecule has 0 radical (unpaired) electrons. The zero-order chi connectivity index (χ0) is 14.7. The molecular formula is C14H15N3O3. The van der Waals surface area contributed by atoms with Crippen LogP contribution in [0.4, 0.5) is 0 Å². The number of aliphatic carboxylic acids is 1. The Hall–Kier alpha value is -2.50. The van der Waals surface area contributed by atoms with Crippen molar-refractivity contribution in [1.82, 2.24) is 15.0 Å². The maximum Gasteiger partial charge on any atom is 0.303 e. The van der Waals surface area contributed by atoms with Crippen molar-refractivity contribution >= 4 is 5.97 Å². The number of hydrogen-bond donors (Lipinski definition) is 2. The number of nitrogens with one attached hydrogen (secondary N) is 1. The number of rotatable bonds is 4. The van der Waals surface area contributed by atoms with E-state index in [1.807, 2.05) is 19.1 Å². The summed E-state index contributed by atoms with van der Waals surface area (Å²) in [6.45, 7) is 3.63. The van der Waals surface area contributed by atoms with Crippen molar-refractivity contribution in [2.75, 3.05) is 0 Å². The van der Waals surface area contributed by atoms with Gasteiger partial charge < -0.3 is 10.1 Å². The molecule has 104 valence electrons. The Bertz CT molecular complexity index is 707. The van der Waals surface area contributed by atoms with Gasteiger partial charge in [0.15, 0.2) is 5.82 Å². The van der Waals surface area contributed by atoms with Gasteiger partial charge in [-0.25, -0.2) is 4.98 Å². The molecule has 0 bridgehead atoms. The molecule has 0 aliphatic carbocycles. The normalized spacial score (nSPS) is 10.5. The summed E-state index contributed by atoms with van der Waals surface area (Å²) in [4.78, 5) is 33.7. The van der Waals surface area contributed by atoms with Gasteiger partial charge in [0, 0.05) is 23.9 Å². The predicted molar refractivity (Wildman–Crippen MR) is 73.5 cm³/mol. The molecule has 6 heteroatoms. The maximum absolute atomic E-state index is 12.0. The highest BCUT2D eigenvalue weighted by molar-refractivity contribution is 5.67. The van der Waals surface area contributed by atoms with Gasteiger partial charge in [0.05, 0.1) is 0 Å². The molecule has 0 atom stereocenters. The van der Waals surface area contributed by atoms with Gasteiger partial charge in [-0.05, 0) is 38.0 Å². The minimum absolute atomic E-state index is 0.0896. The fourth-order valence-corrected chi connectivity index (χ4v) is 1.92. The van der Waals surface area contributed by atoms with Crippen LogP contribution in [0.25, 0.3) is 11.5 Å². The SMILES string of the molecule is Cc1ccnc(-c2nc(C)c(CCC(=O)O)c(=O)[nH]2)c1. The summed E-state index contributed by atoms with van der Waals surface area (Å²) < 4.78 is 0. The lowest BCUT2D eigenvalue weighted by atomic mass is 10.1. The molecule has 20 heavy (non-hydrogen) atoms. The van der Waals surface area contributed by atoms with E-state index in [2.05, 4.69) is 15.0 Å². The molecule has 0 spiro atoms. The summed E-state index contributed by atoms with van der Waals surface area (Å²) in [6, 6.07) is 3.68. The molecule has 0 aliphatic heterocycles. The van der Waals surface area contributed by atoms with Gasteiger partial charge in [-0.3, -0.25) is 14.6 Å². The molecule has 2 rings (SSSR count). The Morgan fingerprint density at radius 2 is 2.15 bits per heavy atom. The van der Waals surface area contributed by atoms with Crippen molar-refractivity contribution in [3.63, 3.8) is 0 Å². The van der Waals surface area contributed by atoms with Crippen molar-refractivity contribution < 1.29 is 9.90 Å². The van der Waals surface area contributed by atoms with Crippen LogP contribution in [-0.2, 0) is 11.2 Å². The van der Waals surface area contributed by atoms with Crippen LogP contribution in [0.2, 0.25) is 0 Å². The smallest absolute Gasteiger partial charge is 0.303 e. The summed E-state index contributed by atoms with van der Waals surface area (Å²) in [6.07, 6.45) is 1.73. The van der Waals surface area contributed by atoms with E-state index in [0.29, 0.717) is 22.8 Å². The third-order valence-electron chi connectivity index (χ3n) is 2.97. The summed E-state index contributed by atoms with van der Waals surface area (Å²) >= 11 is 0. The zero-order valence-corrected chi connectivity index (χ0v) is 11.3. The van der Waals surface area contributed by atoms with Crippen molar-refractivity contribution in [3.8, 4) is 11.5 Å².